The SMILES string of the molecule is O=C(Nc1nn(C(=O)O)c2cc(C(=O)O)oc12)c1ccc(CN2CCCCC2)cc1. The van der Waals surface area contributed by atoms with Crippen LogP contribution in [0.25, 0.3) is 11.1 Å². The van der Waals surface area contributed by atoms with Gasteiger partial charge in [0.25, 0.3) is 5.91 Å². The summed E-state index contributed by atoms with van der Waals surface area (Å²) >= 11 is 0. The van der Waals surface area contributed by atoms with Gasteiger partial charge in [0.2, 0.25) is 5.76 Å². The number of amides is 1. The van der Waals surface area contributed by atoms with Crippen LogP contribution in [0.4, 0.5) is 10.6 Å². The van der Waals surface area contributed by atoms with Crippen molar-refractivity contribution in [1.82, 2.24) is 14.7 Å². The lowest BCUT2D eigenvalue weighted by Gasteiger charge is -2.26. The number of aromatic carboxylic acids is 1. The average molecular weight is 412 g/mol. The number of nitrogens with zero attached hydrogens (tertiary/aromatic N) is 3. The third-order valence-electron chi connectivity index (χ3n) is 5.05. The second-order valence-electron chi connectivity index (χ2n) is 7.16. The number of rotatable bonds is 5. The van der Waals surface area contributed by atoms with Crippen molar-refractivity contribution < 1.29 is 29.0 Å². The molecular formula is C20H20N4O6. The highest BCUT2D eigenvalue weighted by Gasteiger charge is 2.24. The topological polar surface area (TPSA) is 138 Å². The molecule has 10 heteroatoms. The smallest absolute Gasteiger partial charge is 0.432 e. The van der Waals surface area contributed by atoms with Crippen LogP contribution < -0.4 is 5.32 Å². The van der Waals surface area contributed by atoms with Crippen molar-refractivity contribution in [2.45, 2.75) is 25.8 Å². The largest absolute Gasteiger partial charge is 0.475 e. The molecule has 30 heavy (non-hydrogen) atoms. The van der Waals surface area contributed by atoms with Gasteiger partial charge in [-0.15, -0.1) is 5.10 Å². The van der Waals surface area contributed by atoms with Crippen molar-refractivity contribution >= 4 is 34.9 Å². The number of furan rings is 1. The Hall–Kier alpha value is -3.66. The number of carbonyl (C=O) groups excluding carboxylic acids is 1. The number of anilines is 1. The summed E-state index contributed by atoms with van der Waals surface area (Å²) < 4.78 is 5.72. The number of fused-ring (bicyclic) bond motifs is 1. The summed E-state index contributed by atoms with van der Waals surface area (Å²) in [5.41, 5.74) is 1.28. The van der Waals surface area contributed by atoms with Crippen LogP contribution in [-0.2, 0) is 6.54 Å². The lowest BCUT2D eigenvalue weighted by molar-refractivity contribution is 0.0665. The lowest BCUT2D eigenvalue weighted by Crippen LogP contribution is -2.29. The van der Waals surface area contributed by atoms with E-state index in [1.165, 1.54) is 19.3 Å². The van der Waals surface area contributed by atoms with Crippen molar-refractivity contribution in [2.24, 2.45) is 0 Å². The van der Waals surface area contributed by atoms with Crippen LogP contribution in [0.15, 0.2) is 34.7 Å². The van der Waals surface area contributed by atoms with Gasteiger partial charge in [0.1, 0.15) is 5.52 Å². The normalized spacial score (nSPS) is 14.7. The number of likely N-dealkylation sites (tertiary alicyclic amines) is 1. The zero-order chi connectivity index (χ0) is 21.3. The highest BCUT2D eigenvalue weighted by Crippen LogP contribution is 2.27. The molecule has 0 radical (unpaired) electrons. The van der Waals surface area contributed by atoms with Crippen LogP contribution in [0, 0.1) is 0 Å². The molecule has 1 aromatic carbocycles. The van der Waals surface area contributed by atoms with Gasteiger partial charge >= 0.3 is 12.1 Å². The molecule has 0 atom stereocenters. The Balaban J connectivity index is 1.52. The molecule has 0 bridgehead atoms. The van der Waals surface area contributed by atoms with Crippen LogP contribution in [0.5, 0.6) is 0 Å². The predicted molar refractivity (Wildman–Crippen MR) is 106 cm³/mol. The Labute approximate surface area is 170 Å². The molecule has 4 rings (SSSR count). The van der Waals surface area contributed by atoms with Gasteiger partial charge < -0.3 is 19.9 Å². The van der Waals surface area contributed by atoms with E-state index in [0.717, 1.165) is 31.3 Å². The quantitative estimate of drug-likeness (QED) is 0.581. The summed E-state index contributed by atoms with van der Waals surface area (Å²) in [4.78, 5) is 37.5. The maximum absolute atomic E-state index is 12.6. The number of carbonyl (C=O) groups is 3. The van der Waals surface area contributed by atoms with Crippen LogP contribution in [0.3, 0.4) is 0 Å². The van der Waals surface area contributed by atoms with Gasteiger partial charge in [-0.1, -0.05) is 18.6 Å². The second-order valence-corrected chi connectivity index (χ2v) is 7.16. The molecule has 3 N–H and O–H groups in total. The molecule has 3 aromatic rings. The van der Waals surface area contributed by atoms with Gasteiger partial charge in [0, 0.05) is 18.2 Å². The Kier molecular flexibility index (Phi) is 5.23. The second kappa shape index (κ2) is 7.99. The van der Waals surface area contributed by atoms with Gasteiger partial charge in [0.15, 0.2) is 11.4 Å². The van der Waals surface area contributed by atoms with Gasteiger partial charge in [0.05, 0.1) is 0 Å². The number of carboxylic acid groups (broad SMARTS) is 2. The number of hydrogen-bond donors (Lipinski definition) is 3. The fourth-order valence-electron chi connectivity index (χ4n) is 3.56. The van der Waals surface area contributed by atoms with E-state index < -0.39 is 23.7 Å². The van der Waals surface area contributed by atoms with Crippen LogP contribution in [0.2, 0.25) is 0 Å². The van der Waals surface area contributed by atoms with E-state index in [9.17, 15) is 19.5 Å². The van der Waals surface area contributed by atoms with Crippen LogP contribution in [0.1, 0.15) is 45.7 Å². The van der Waals surface area contributed by atoms with E-state index in [1.54, 1.807) is 12.1 Å². The highest BCUT2D eigenvalue weighted by molar-refractivity contribution is 6.08. The minimum atomic E-state index is -1.43. The number of piperidine rings is 1. The zero-order valence-corrected chi connectivity index (χ0v) is 16.0. The minimum Gasteiger partial charge on any atom is -0.475 e. The molecule has 1 amide bonds. The lowest BCUT2D eigenvalue weighted by atomic mass is 10.1. The Bertz CT molecular complexity index is 1110. The standard InChI is InChI=1S/C20H20N4O6/c25-18(13-6-4-12(5-7-13)11-23-8-2-1-3-9-23)21-17-16-14(24(22-17)20(28)29)10-15(30-16)19(26)27/h4-7,10H,1-3,8-9,11H2,(H,26,27)(H,28,29)(H,21,22,25). The molecule has 3 heterocycles. The van der Waals surface area contributed by atoms with Gasteiger partial charge in [-0.05, 0) is 43.6 Å². The van der Waals surface area contributed by atoms with Crippen molar-refractivity contribution in [3.63, 3.8) is 0 Å². The third-order valence-corrected chi connectivity index (χ3v) is 5.05. The summed E-state index contributed by atoms with van der Waals surface area (Å²) in [6.07, 6.45) is 2.24. The molecule has 1 aliphatic heterocycles. The Morgan fingerprint density at radius 1 is 1.07 bits per heavy atom. The summed E-state index contributed by atoms with van der Waals surface area (Å²) in [6, 6.07) is 8.17. The Morgan fingerprint density at radius 3 is 2.40 bits per heavy atom. The molecule has 2 aromatic heterocycles. The van der Waals surface area contributed by atoms with E-state index in [4.69, 9.17) is 9.52 Å². The zero-order valence-electron chi connectivity index (χ0n) is 16.0. The van der Waals surface area contributed by atoms with E-state index in [0.29, 0.717) is 10.2 Å². The first-order valence-electron chi connectivity index (χ1n) is 9.54. The maximum atomic E-state index is 12.6. The fraction of sp³-hybridized carbons (Fsp3) is 0.300. The molecule has 10 nitrogen and oxygen atoms in total. The van der Waals surface area contributed by atoms with E-state index in [2.05, 4.69) is 15.3 Å². The molecule has 1 saturated heterocycles. The van der Waals surface area contributed by atoms with Crippen molar-refractivity contribution in [2.75, 3.05) is 18.4 Å². The number of nitrogens with one attached hydrogen (secondary N) is 1. The van der Waals surface area contributed by atoms with Gasteiger partial charge in [-0.3, -0.25) is 9.69 Å². The summed E-state index contributed by atoms with van der Waals surface area (Å²) in [5.74, 6) is -2.48. The molecular weight excluding hydrogens is 392 g/mol. The minimum absolute atomic E-state index is 0.0629. The maximum Gasteiger partial charge on any atom is 0.432 e. The molecule has 0 unspecified atom stereocenters. The Morgan fingerprint density at radius 2 is 1.77 bits per heavy atom. The number of aromatic nitrogens is 2. The molecule has 0 aliphatic carbocycles. The third kappa shape index (κ3) is 3.90. The molecule has 0 spiro atoms. The van der Waals surface area contributed by atoms with E-state index >= 15 is 0 Å². The number of benzene rings is 1. The van der Waals surface area contributed by atoms with Crippen LogP contribution in [-0.4, -0.2) is 56.0 Å². The van der Waals surface area contributed by atoms with Crippen molar-refractivity contribution in [1.29, 1.82) is 0 Å². The molecule has 1 fully saturated rings. The summed E-state index contributed by atoms with van der Waals surface area (Å²) in [6.45, 7) is 2.98. The number of carboxylic acids is 1. The fourth-order valence-corrected chi connectivity index (χ4v) is 3.56. The van der Waals surface area contributed by atoms with Gasteiger partial charge in [-0.25, -0.2) is 9.59 Å². The molecule has 0 saturated carbocycles. The van der Waals surface area contributed by atoms with Gasteiger partial charge in [-0.2, -0.15) is 4.68 Å². The van der Waals surface area contributed by atoms with Crippen molar-refractivity contribution in [3.8, 4) is 0 Å². The average Bonchev–Trinajstić information content (AvgIpc) is 3.30. The first-order valence-corrected chi connectivity index (χ1v) is 9.54. The predicted octanol–water partition coefficient (Wildman–Crippen LogP) is 3.09. The van der Waals surface area contributed by atoms with E-state index in [1.807, 2.05) is 12.1 Å². The monoisotopic (exact) mass is 412 g/mol. The van der Waals surface area contributed by atoms with Crippen LogP contribution >= 0.6 is 0 Å². The molecule has 156 valence electrons. The summed E-state index contributed by atoms with van der Waals surface area (Å²) in [5, 5.41) is 24.6. The first kappa shape index (κ1) is 19.6. The van der Waals surface area contributed by atoms with E-state index in [-0.39, 0.29) is 16.9 Å². The highest BCUT2D eigenvalue weighted by atomic mass is 16.4. The van der Waals surface area contributed by atoms with Crippen molar-refractivity contribution in [3.05, 3.63) is 47.2 Å². The summed E-state index contributed by atoms with van der Waals surface area (Å²) in [7, 11) is 0. The first-order chi connectivity index (χ1) is 14.4. The number of hydrogen-bond acceptors (Lipinski definition) is 6. The molecule has 1 aliphatic rings.